The molecule has 0 bridgehead atoms. The maximum atomic E-state index is 11.6. The zero-order valence-electron chi connectivity index (χ0n) is 15.4. The lowest BCUT2D eigenvalue weighted by Crippen LogP contribution is -2.41. The van der Waals surface area contributed by atoms with Gasteiger partial charge in [-0.2, -0.15) is 0 Å². The fraction of sp³-hybridized carbons (Fsp3) is 0.824. The molecule has 0 spiro atoms. The van der Waals surface area contributed by atoms with E-state index in [4.69, 9.17) is 14.0 Å². The van der Waals surface area contributed by atoms with Crippen LogP contribution in [0, 0.1) is 0 Å². The Morgan fingerprint density at radius 3 is 2.09 bits per heavy atom. The molecule has 0 unspecified atom stereocenters. The van der Waals surface area contributed by atoms with Crippen molar-refractivity contribution in [2.45, 2.75) is 91.5 Å². The van der Waals surface area contributed by atoms with Gasteiger partial charge in [-0.1, -0.05) is 6.08 Å². The first-order valence-electron chi connectivity index (χ1n) is 8.08. The molecular formula is C17H31BO4. The van der Waals surface area contributed by atoms with Gasteiger partial charge in [-0.25, -0.2) is 0 Å². The van der Waals surface area contributed by atoms with E-state index in [1.807, 2.05) is 55.4 Å². The average molecular weight is 310 g/mol. The van der Waals surface area contributed by atoms with Crippen LogP contribution >= 0.6 is 0 Å². The third-order valence-electron chi connectivity index (χ3n) is 4.10. The summed E-state index contributed by atoms with van der Waals surface area (Å²) in [4.78, 5) is 11.6. The van der Waals surface area contributed by atoms with Crippen LogP contribution in [0.3, 0.4) is 0 Å². The molecule has 5 heteroatoms. The maximum Gasteiger partial charge on any atom is 0.489 e. The van der Waals surface area contributed by atoms with Crippen LogP contribution in [0.1, 0.15) is 74.7 Å². The lowest BCUT2D eigenvalue weighted by Gasteiger charge is -2.32. The van der Waals surface area contributed by atoms with Gasteiger partial charge in [0.1, 0.15) is 5.60 Å². The van der Waals surface area contributed by atoms with Crippen LogP contribution in [0.25, 0.3) is 0 Å². The van der Waals surface area contributed by atoms with E-state index in [1.165, 1.54) is 0 Å². The SMILES string of the molecule is C/C(=C/CCCC(=O)OC(C)(C)C)B1OC(C)(C)C(C)(C)O1. The third kappa shape index (κ3) is 5.43. The Labute approximate surface area is 135 Å². The summed E-state index contributed by atoms with van der Waals surface area (Å²) >= 11 is 0. The monoisotopic (exact) mass is 310 g/mol. The van der Waals surface area contributed by atoms with Crippen LogP contribution in [0.5, 0.6) is 0 Å². The molecule has 0 aliphatic carbocycles. The molecule has 1 aliphatic heterocycles. The minimum absolute atomic E-state index is 0.144. The molecule has 1 rings (SSSR count). The Morgan fingerprint density at radius 2 is 1.64 bits per heavy atom. The number of ether oxygens (including phenoxy) is 1. The molecular weight excluding hydrogens is 279 g/mol. The first-order chi connectivity index (χ1) is 9.84. The van der Waals surface area contributed by atoms with Crippen molar-refractivity contribution in [3.63, 3.8) is 0 Å². The van der Waals surface area contributed by atoms with Crippen molar-refractivity contribution >= 4 is 13.1 Å². The van der Waals surface area contributed by atoms with E-state index >= 15 is 0 Å². The van der Waals surface area contributed by atoms with E-state index in [9.17, 15) is 4.79 Å². The third-order valence-corrected chi connectivity index (χ3v) is 4.10. The van der Waals surface area contributed by atoms with E-state index in [0.29, 0.717) is 6.42 Å². The van der Waals surface area contributed by atoms with Crippen LogP contribution < -0.4 is 0 Å². The predicted octanol–water partition coefficient (Wildman–Crippen LogP) is 4.08. The lowest BCUT2D eigenvalue weighted by molar-refractivity contribution is -0.154. The van der Waals surface area contributed by atoms with Crippen molar-refractivity contribution in [1.82, 2.24) is 0 Å². The smallest absolute Gasteiger partial charge is 0.460 e. The normalized spacial score (nSPS) is 21.1. The Kier molecular flexibility index (Phi) is 5.91. The number of unbranched alkanes of at least 4 members (excludes halogenated alkanes) is 1. The highest BCUT2D eigenvalue weighted by Crippen LogP contribution is 2.38. The van der Waals surface area contributed by atoms with Crippen LogP contribution in [0.4, 0.5) is 0 Å². The highest BCUT2D eigenvalue weighted by atomic mass is 16.7. The first-order valence-corrected chi connectivity index (χ1v) is 8.08. The van der Waals surface area contributed by atoms with Gasteiger partial charge in [-0.15, -0.1) is 0 Å². The van der Waals surface area contributed by atoms with E-state index in [2.05, 4.69) is 6.08 Å². The minimum atomic E-state index is -0.411. The molecule has 0 radical (unpaired) electrons. The predicted molar refractivity (Wildman–Crippen MR) is 89.5 cm³/mol. The van der Waals surface area contributed by atoms with Crippen molar-refractivity contribution < 1.29 is 18.8 Å². The zero-order valence-corrected chi connectivity index (χ0v) is 15.4. The summed E-state index contributed by atoms with van der Waals surface area (Å²) in [6, 6.07) is 0. The summed E-state index contributed by atoms with van der Waals surface area (Å²) in [6.45, 7) is 15.8. The number of rotatable bonds is 5. The number of carbonyl (C=O) groups excluding carboxylic acids is 1. The molecule has 0 aromatic rings. The molecule has 126 valence electrons. The van der Waals surface area contributed by atoms with Crippen LogP contribution in [0.15, 0.2) is 11.5 Å². The Bertz CT molecular complexity index is 416. The van der Waals surface area contributed by atoms with E-state index < -0.39 is 5.60 Å². The van der Waals surface area contributed by atoms with Gasteiger partial charge in [0, 0.05) is 6.42 Å². The number of allylic oxidation sites excluding steroid dienone is 2. The summed E-state index contributed by atoms with van der Waals surface area (Å²) < 4.78 is 17.3. The quantitative estimate of drug-likeness (QED) is 0.436. The van der Waals surface area contributed by atoms with E-state index in [-0.39, 0.29) is 24.3 Å². The fourth-order valence-electron chi connectivity index (χ4n) is 2.09. The van der Waals surface area contributed by atoms with Crippen LogP contribution in [-0.4, -0.2) is 29.9 Å². The summed E-state index contributed by atoms with van der Waals surface area (Å²) in [7, 11) is -0.300. The molecule has 1 heterocycles. The molecule has 4 nitrogen and oxygen atoms in total. The number of esters is 1. The van der Waals surface area contributed by atoms with Gasteiger partial charge in [0.05, 0.1) is 11.2 Å². The summed E-state index contributed by atoms with van der Waals surface area (Å²) in [6.07, 6.45) is 4.11. The lowest BCUT2D eigenvalue weighted by atomic mass is 9.79. The van der Waals surface area contributed by atoms with Crippen molar-refractivity contribution in [3.8, 4) is 0 Å². The Morgan fingerprint density at radius 1 is 1.14 bits per heavy atom. The molecule has 1 saturated heterocycles. The summed E-state index contributed by atoms with van der Waals surface area (Å²) in [5.41, 5.74) is 0.0146. The number of hydrogen-bond donors (Lipinski definition) is 0. The molecule has 0 atom stereocenters. The zero-order chi connectivity index (χ0) is 17.2. The standard InChI is InChI=1S/C17H31BO4/c1-13(18-21-16(5,6)17(7,8)22-18)11-9-10-12-14(19)20-15(2,3)4/h11H,9-10,12H2,1-8H3/b13-11-. The second-order valence-corrected chi connectivity index (χ2v) is 8.02. The van der Waals surface area contributed by atoms with Crippen molar-refractivity contribution in [1.29, 1.82) is 0 Å². The Hall–Kier alpha value is -0.805. The highest BCUT2D eigenvalue weighted by molar-refractivity contribution is 6.54. The van der Waals surface area contributed by atoms with Crippen molar-refractivity contribution in [3.05, 3.63) is 11.5 Å². The van der Waals surface area contributed by atoms with Crippen LogP contribution in [0.2, 0.25) is 0 Å². The van der Waals surface area contributed by atoms with Gasteiger partial charge in [0.2, 0.25) is 0 Å². The van der Waals surface area contributed by atoms with Gasteiger partial charge < -0.3 is 14.0 Å². The fourth-order valence-corrected chi connectivity index (χ4v) is 2.09. The largest absolute Gasteiger partial charge is 0.489 e. The molecule has 22 heavy (non-hydrogen) atoms. The molecule has 0 aromatic heterocycles. The maximum absolute atomic E-state index is 11.6. The van der Waals surface area contributed by atoms with E-state index in [0.717, 1.165) is 18.3 Å². The Balaban J connectivity index is 2.41. The second-order valence-electron chi connectivity index (χ2n) is 8.02. The molecule has 1 fully saturated rings. The average Bonchev–Trinajstić information content (AvgIpc) is 2.51. The topological polar surface area (TPSA) is 44.8 Å². The molecule has 0 saturated carbocycles. The number of carbonyl (C=O) groups is 1. The van der Waals surface area contributed by atoms with Gasteiger partial charge in [-0.05, 0) is 73.7 Å². The molecule has 1 aliphatic rings. The first kappa shape index (κ1) is 19.2. The highest BCUT2D eigenvalue weighted by Gasteiger charge is 2.51. The van der Waals surface area contributed by atoms with Crippen molar-refractivity contribution in [2.75, 3.05) is 0 Å². The molecule has 0 N–H and O–H groups in total. The minimum Gasteiger partial charge on any atom is -0.460 e. The number of hydrogen-bond acceptors (Lipinski definition) is 4. The molecule has 0 aromatic carbocycles. The summed E-state index contributed by atoms with van der Waals surface area (Å²) in [5.74, 6) is -0.144. The summed E-state index contributed by atoms with van der Waals surface area (Å²) in [5, 5.41) is 0. The van der Waals surface area contributed by atoms with Gasteiger partial charge in [0.25, 0.3) is 0 Å². The van der Waals surface area contributed by atoms with Gasteiger partial charge >= 0.3 is 13.1 Å². The van der Waals surface area contributed by atoms with Crippen molar-refractivity contribution in [2.24, 2.45) is 0 Å². The molecule has 0 amide bonds. The van der Waals surface area contributed by atoms with Gasteiger partial charge in [0.15, 0.2) is 0 Å². The van der Waals surface area contributed by atoms with Crippen LogP contribution in [-0.2, 0) is 18.8 Å². The van der Waals surface area contributed by atoms with Gasteiger partial charge in [-0.3, -0.25) is 4.79 Å². The second kappa shape index (κ2) is 6.75. The van der Waals surface area contributed by atoms with E-state index in [1.54, 1.807) is 0 Å².